The Bertz CT molecular complexity index is 589. The number of aliphatic hydroxyl groups excluding tert-OH is 1. The van der Waals surface area contributed by atoms with Crippen molar-refractivity contribution in [3.05, 3.63) is 54.1 Å². The maximum atomic E-state index is 9.83. The van der Waals surface area contributed by atoms with Crippen LogP contribution in [0.1, 0.15) is 12.5 Å². The van der Waals surface area contributed by atoms with Gasteiger partial charge in [-0.2, -0.15) is 0 Å². The Morgan fingerprint density at radius 2 is 1.86 bits per heavy atom. The Morgan fingerprint density at radius 1 is 1.14 bits per heavy atom. The average molecular weight is 317 g/mol. The zero-order valence-electron chi connectivity index (χ0n) is 13.1. The summed E-state index contributed by atoms with van der Waals surface area (Å²) >= 11 is 1.52. The highest BCUT2D eigenvalue weighted by Crippen LogP contribution is 2.31. The summed E-state index contributed by atoms with van der Waals surface area (Å²) in [6, 6.07) is 16.2. The Morgan fingerprint density at radius 3 is 2.50 bits per heavy atom. The van der Waals surface area contributed by atoms with Gasteiger partial charge in [-0.3, -0.25) is 0 Å². The summed E-state index contributed by atoms with van der Waals surface area (Å²) < 4.78 is 0. The number of benzene rings is 2. The summed E-state index contributed by atoms with van der Waals surface area (Å²) in [6.45, 7) is 2.84. The second kappa shape index (κ2) is 8.11. The van der Waals surface area contributed by atoms with Gasteiger partial charge >= 0.3 is 0 Å². The van der Waals surface area contributed by atoms with Crippen molar-refractivity contribution < 1.29 is 10.2 Å². The second-order valence-corrected chi connectivity index (χ2v) is 6.16. The number of phenolic OH excluding ortho intramolecular Hbond substituents is 1. The van der Waals surface area contributed by atoms with E-state index in [2.05, 4.69) is 24.0 Å². The number of hydrogen-bond donors (Lipinski definition) is 2. The molecule has 2 rings (SSSR count). The second-order valence-electron chi connectivity index (χ2n) is 5.31. The van der Waals surface area contributed by atoms with Crippen LogP contribution < -0.4 is 4.90 Å². The van der Waals surface area contributed by atoms with E-state index in [4.69, 9.17) is 0 Å². The molecule has 22 heavy (non-hydrogen) atoms. The molecule has 118 valence electrons. The molecule has 0 heterocycles. The molecule has 0 aromatic heterocycles. The van der Waals surface area contributed by atoms with E-state index in [1.165, 1.54) is 17.3 Å². The maximum absolute atomic E-state index is 9.83. The van der Waals surface area contributed by atoms with E-state index in [1.54, 1.807) is 6.07 Å². The van der Waals surface area contributed by atoms with Crippen LogP contribution in [0.2, 0.25) is 0 Å². The highest BCUT2D eigenvalue weighted by atomic mass is 32.2. The Labute approximate surface area is 136 Å². The number of phenols is 1. The van der Waals surface area contributed by atoms with Crippen molar-refractivity contribution >= 4 is 17.4 Å². The molecule has 0 fully saturated rings. The SMILES string of the molecule is CSc1cc(N(CCO)C(C)Cc2ccccc2)ccc1O. The lowest BCUT2D eigenvalue weighted by Crippen LogP contribution is -2.37. The van der Waals surface area contributed by atoms with Crippen molar-refractivity contribution in [3.63, 3.8) is 0 Å². The lowest BCUT2D eigenvalue weighted by atomic mass is 10.1. The molecule has 0 aliphatic heterocycles. The largest absolute Gasteiger partial charge is 0.507 e. The van der Waals surface area contributed by atoms with Gasteiger partial charge in [0.1, 0.15) is 5.75 Å². The predicted octanol–water partition coefficient (Wildman–Crippen LogP) is 3.54. The topological polar surface area (TPSA) is 43.7 Å². The van der Waals surface area contributed by atoms with Crippen molar-refractivity contribution in [1.82, 2.24) is 0 Å². The lowest BCUT2D eigenvalue weighted by molar-refractivity contribution is 0.298. The Balaban J connectivity index is 2.21. The van der Waals surface area contributed by atoms with Gasteiger partial charge in [0, 0.05) is 18.3 Å². The average Bonchev–Trinajstić information content (AvgIpc) is 2.54. The van der Waals surface area contributed by atoms with E-state index >= 15 is 0 Å². The number of aliphatic hydroxyl groups is 1. The molecule has 0 amide bonds. The number of aromatic hydroxyl groups is 1. The Kier molecular flexibility index (Phi) is 6.16. The first kappa shape index (κ1) is 16.7. The molecule has 3 nitrogen and oxygen atoms in total. The van der Waals surface area contributed by atoms with E-state index in [0.29, 0.717) is 12.3 Å². The summed E-state index contributed by atoms with van der Waals surface area (Å²) in [5.41, 5.74) is 2.31. The summed E-state index contributed by atoms with van der Waals surface area (Å²) in [5, 5.41) is 19.2. The van der Waals surface area contributed by atoms with E-state index < -0.39 is 0 Å². The molecule has 0 radical (unpaired) electrons. The molecule has 0 spiro atoms. The third kappa shape index (κ3) is 4.18. The molecule has 0 saturated heterocycles. The van der Waals surface area contributed by atoms with Crippen LogP contribution in [-0.2, 0) is 6.42 Å². The van der Waals surface area contributed by atoms with Gasteiger partial charge in [-0.05, 0) is 43.4 Å². The molecule has 4 heteroatoms. The van der Waals surface area contributed by atoms with Crippen molar-refractivity contribution in [2.45, 2.75) is 24.3 Å². The van der Waals surface area contributed by atoms with Gasteiger partial charge in [0.15, 0.2) is 0 Å². The lowest BCUT2D eigenvalue weighted by Gasteiger charge is -2.31. The first-order valence-corrected chi connectivity index (χ1v) is 8.66. The molecule has 2 N–H and O–H groups in total. The van der Waals surface area contributed by atoms with Gasteiger partial charge < -0.3 is 15.1 Å². The molecule has 0 bridgehead atoms. The minimum atomic E-state index is 0.106. The van der Waals surface area contributed by atoms with Gasteiger partial charge in [-0.15, -0.1) is 11.8 Å². The quantitative estimate of drug-likeness (QED) is 0.767. The molecular weight excluding hydrogens is 294 g/mol. The first-order valence-electron chi connectivity index (χ1n) is 7.44. The minimum Gasteiger partial charge on any atom is -0.507 e. The summed E-state index contributed by atoms with van der Waals surface area (Å²) in [7, 11) is 0. The molecule has 2 aromatic rings. The maximum Gasteiger partial charge on any atom is 0.129 e. The number of hydrogen-bond acceptors (Lipinski definition) is 4. The predicted molar refractivity (Wildman–Crippen MR) is 93.9 cm³/mol. The van der Waals surface area contributed by atoms with Gasteiger partial charge in [0.2, 0.25) is 0 Å². The zero-order valence-corrected chi connectivity index (χ0v) is 13.9. The van der Waals surface area contributed by atoms with Crippen LogP contribution in [0, 0.1) is 0 Å². The fourth-order valence-electron chi connectivity index (χ4n) is 2.62. The normalized spacial score (nSPS) is 12.1. The van der Waals surface area contributed by atoms with E-state index in [0.717, 1.165) is 17.0 Å². The first-order chi connectivity index (χ1) is 10.7. The van der Waals surface area contributed by atoms with Gasteiger partial charge in [0.25, 0.3) is 0 Å². The van der Waals surface area contributed by atoms with Gasteiger partial charge in [0.05, 0.1) is 11.5 Å². The minimum absolute atomic E-state index is 0.106. The monoisotopic (exact) mass is 317 g/mol. The molecule has 0 aliphatic rings. The summed E-state index contributed by atoms with van der Waals surface area (Å²) in [5.74, 6) is 0.302. The highest BCUT2D eigenvalue weighted by Gasteiger charge is 2.16. The highest BCUT2D eigenvalue weighted by molar-refractivity contribution is 7.98. The van der Waals surface area contributed by atoms with E-state index in [1.807, 2.05) is 36.6 Å². The number of anilines is 1. The van der Waals surface area contributed by atoms with Crippen LogP contribution in [0.5, 0.6) is 5.75 Å². The van der Waals surface area contributed by atoms with Crippen molar-refractivity contribution in [3.8, 4) is 5.75 Å². The van der Waals surface area contributed by atoms with Crippen LogP contribution in [0.25, 0.3) is 0 Å². The van der Waals surface area contributed by atoms with Gasteiger partial charge in [-0.1, -0.05) is 30.3 Å². The van der Waals surface area contributed by atoms with Crippen LogP contribution in [0.3, 0.4) is 0 Å². The molecule has 0 aliphatic carbocycles. The van der Waals surface area contributed by atoms with Gasteiger partial charge in [-0.25, -0.2) is 0 Å². The third-order valence-corrected chi connectivity index (χ3v) is 4.51. The van der Waals surface area contributed by atoms with Crippen molar-refractivity contribution in [2.75, 3.05) is 24.3 Å². The van der Waals surface area contributed by atoms with Crippen LogP contribution >= 0.6 is 11.8 Å². The zero-order chi connectivity index (χ0) is 15.9. The number of nitrogens with zero attached hydrogens (tertiary/aromatic N) is 1. The molecule has 1 unspecified atom stereocenters. The van der Waals surface area contributed by atoms with Crippen molar-refractivity contribution in [1.29, 1.82) is 0 Å². The smallest absolute Gasteiger partial charge is 0.129 e. The van der Waals surface area contributed by atoms with Crippen LogP contribution in [0.4, 0.5) is 5.69 Å². The van der Waals surface area contributed by atoms with E-state index in [-0.39, 0.29) is 12.6 Å². The number of rotatable bonds is 7. The standard InChI is InChI=1S/C18H23NO2S/c1-14(12-15-6-4-3-5-7-15)19(10-11-20)16-8-9-17(21)18(13-16)22-2/h3-9,13-14,20-21H,10-12H2,1-2H3. The summed E-state index contributed by atoms with van der Waals surface area (Å²) in [4.78, 5) is 3.04. The third-order valence-electron chi connectivity index (χ3n) is 3.74. The van der Waals surface area contributed by atoms with Crippen LogP contribution in [-0.4, -0.2) is 35.7 Å². The molecular formula is C18H23NO2S. The fourth-order valence-corrected chi connectivity index (χ4v) is 3.14. The molecule has 1 atom stereocenters. The Hall–Kier alpha value is -1.65. The number of thioether (sulfide) groups is 1. The summed E-state index contributed by atoms with van der Waals surface area (Å²) in [6.07, 6.45) is 2.86. The van der Waals surface area contributed by atoms with Crippen LogP contribution in [0.15, 0.2) is 53.4 Å². The van der Waals surface area contributed by atoms with Crippen molar-refractivity contribution in [2.24, 2.45) is 0 Å². The fraction of sp³-hybridized carbons (Fsp3) is 0.333. The molecule has 2 aromatic carbocycles. The van der Waals surface area contributed by atoms with E-state index in [9.17, 15) is 10.2 Å². The molecule has 0 saturated carbocycles.